The first-order valence-corrected chi connectivity index (χ1v) is 9.26. The van der Waals surface area contributed by atoms with E-state index in [0.717, 1.165) is 10.8 Å². The first-order valence-electron chi connectivity index (χ1n) is 9.26. The number of nitrogens with one attached hydrogen (secondary N) is 1. The molecule has 1 aromatic heterocycles. The Labute approximate surface area is 163 Å². The maximum Gasteiger partial charge on any atom is 0.410 e. The number of ether oxygens (including phenoxy) is 1. The highest BCUT2D eigenvalue weighted by atomic mass is 16.7. The first kappa shape index (κ1) is 20.1. The Kier molecular flexibility index (Phi) is 5.09. The Morgan fingerprint density at radius 3 is 2.61 bits per heavy atom. The number of fused-ring (bicyclic) bond motifs is 3. The molecule has 1 unspecified atom stereocenters. The van der Waals surface area contributed by atoms with Gasteiger partial charge in [0.15, 0.2) is 6.10 Å². The SMILES string of the molecule is CNC(=O)C1Cn2nc3c(c2C(=O)N(C)O1)CN(C(=O)OC(C)(C)C)[C@H](C)C3. The number of carbonyl (C=O) groups excluding carboxylic acids is 3. The van der Waals surface area contributed by atoms with Gasteiger partial charge in [-0.1, -0.05) is 0 Å². The fourth-order valence-corrected chi connectivity index (χ4v) is 3.40. The van der Waals surface area contributed by atoms with Gasteiger partial charge in [-0.05, 0) is 27.7 Å². The van der Waals surface area contributed by atoms with Crippen molar-refractivity contribution < 1.29 is 24.0 Å². The highest BCUT2D eigenvalue weighted by Crippen LogP contribution is 2.29. The molecule has 0 radical (unpaired) electrons. The molecule has 2 atom stereocenters. The van der Waals surface area contributed by atoms with Crippen LogP contribution in [0.25, 0.3) is 0 Å². The lowest BCUT2D eigenvalue weighted by molar-refractivity contribution is -0.168. The first-order chi connectivity index (χ1) is 13.0. The van der Waals surface area contributed by atoms with E-state index in [0.29, 0.717) is 17.7 Å². The Hall–Kier alpha value is -2.62. The van der Waals surface area contributed by atoms with E-state index in [9.17, 15) is 14.4 Å². The zero-order valence-electron chi connectivity index (χ0n) is 17.1. The Balaban J connectivity index is 1.95. The molecule has 0 spiro atoms. The van der Waals surface area contributed by atoms with Gasteiger partial charge in [-0.2, -0.15) is 5.10 Å². The van der Waals surface area contributed by atoms with Crippen LogP contribution in [0.3, 0.4) is 0 Å². The topological polar surface area (TPSA) is 106 Å². The van der Waals surface area contributed by atoms with Gasteiger partial charge < -0.3 is 15.0 Å². The van der Waals surface area contributed by atoms with Gasteiger partial charge in [0.2, 0.25) is 0 Å². The van der Waals surface area contributed by atoms with E-state index in [2.05, 4.69) is 10.4 Å². The van der Waals surface area contributed by atoms with Crippen molar-refractivity contribution in [1.82, 2.24) is 25.1 Å². The average Bonchev–Trinajstić information content (AvgIpc) is 2.87. The van der Waals surface area contributed by atoms with Gasteiger partial charge in [-0.15, -0.1) is 0 Å². The second-order valence-electron chi connectivity index (χ2n) is 8.13. The maximum atomic E-state index is 12.9. The Morgan fingerprint density at radius 2 is 2.00 bits per heavy atom. The Morgan fingerprint density at radius 1 is 1.32 bits per heavy atom. The van der Waals surface area contributed by atoms with Gasteiger partial charge in [-0.3, -0.25) is 19.1 Å². The molecule has 10 nitrogen and oxygen atoms in total. The summed E-state index contributed by atoms with van der Waals surface area (Å²) in [6.45, 7) is 7.68. The van der Waals surface area contributed by atoms with Crippen LogP contribution in [-0.2, 0) is 33.9 Å². The molecular weight excluding hydrogens is 366 g/mol. The molecule has 10 heteroatoms. The fraction of sp³-hybridized carbons (Fsp3) is 0.667. The van der Waals surface area contributed by atoms with Crippen LogP contribution >= 0.6 is 0 Å². The lowest BCUT2D eigenvalue weighted by Gasteiger charge is -2.34. The van der Waals surface area contributed by atoms with Gasteiger partial charge in [0.1, 0.15) is 11.3 Å². The number of likely N-dealkylation sites (N-methyl/N-ethyl adjacent to an activating group) is 1. The minimum Gasteiger partial charge on any atom is -0.444 e. The molecule has 0 saturated heterocycles. The van der Waals surface area contributed by atoms with Crippen LogP contribution in [0.2, 0.25) is 0 Å². The summed E-state index contributed by atoms with van der Waals surface area (Å²) in [7, 11) is 2.97. The summed E-state index contributed by atoms with van der Waals surface area (Å²) in [6.07, 6.45) is -0.808. The monoisotopic (exact) mass is 393 g/mol. The van der Waals surface area contributed by atoms with Crippen LogP contribution in [-0.4, -0.2) is 69.5 Å². The van der Waals surface area contributed by atoms with Crippen LogP contribution < -0.4 is 5.32 Å². The molecule has 28 heavy (non-hydrogen) atoms. The molecule has 0 aromatic carbocycles. The summed E-state index contributed by atoms with van der Waals surface area (Å²) >= 11 is 0. The van der Waals surface area contributed by atoms with Crippen LogP contribution in [0.5, 0.6) is 0 Å². The number of rotatable bonds is 1. The van der Waals surface area contributed by atoms with Crippen molar-refractivity contribution in [2.75, 3.05) is 14.1 Å². The summed E-state index contributed by atoms with van der Waals surface area (Å²) in [5.41, 5.74) is 1.14. The van der Waals surface area contributed by atoms with Crippen LogP contribution in [0.4, 0.5) is 4.79 Å². The number of hydrogen-bond donors (Lipinski definition) is 1. The third-order valence-electron chi connectivity index (χ3n) is 4.76. The van der Waals surface area contributed by atoms with Gasteiger partial charge in [0.05, 0.1) is 18.8 Å². The van der Waals surface area contributed by atoms with E-state index in [1.54, 1.807) is 4.90 Å². The summed E-state index contributed by atoms with van der Waals surface area (Å²) in [5.74, 6) is -0.747. The molecule has 2 aliphatic rings. The van der Waals surface area contributed by atoms with Crippen molar-refractivity contribution in [2.45, 2.75) is 65.0 Å². The fourth-order valence-electron chi connectivity index (χ4n) is 3.40. The molecular formula is C18H27N5O5. The zero-order chi connectivity index (χ0) is 20.8. The second kappa shape index (κ2) is 7.08. The molecule has 0 saturated carbocycles. The van der Waals surface area contributed by atoms with Gasteiger partial charge in [-0.25, -0.2) is 9.86 Å². The van der Waals surface area contributed by atoms with Crippen LogP contribution in [0.15, 0.2) is 0 Å². The van der Waals surface area contributed by atoms with E-state index in [1.165, 1.54) is 18.8 Å². The minimum atomic E-state index is -0.874. The summed E-state index contributed by atoms with van der Waals surface area (Å²) in [5, 5.41) is 8.13. The predicted octanol–water partition coefficient (Wildman–Crippen LogP) is 0.697. The van der Waals surface area contributed by atoms with Crippen LogP contribution in [0.1, 0.15) is 49.4 Å². The molecule has 3 rings (SSSR count). The summed E-state index contributed by atoms with van der Waals surface area (Å²) in [4.78, 5) is 44.7. The molecule has 3 heterocycles. The third-order valence-corrected chi connectivity index (χ3v) is 4.76. The second-order valence-corrected chi connectivity index (χ2v) is 8.13. The molecule has 0 aliphatic carbocycles. The number of nitrogens with zero attached hydrogens (tertiary/aromatic N) is 4. The molecule has 1 aromatic rings. The number of amides is 3. The smallest absolute Gasteiger partial charge is 0.410 e. The molecule has 3 amide bonds. The lowest BCUT2D eigenvalue weighted by atomic mass is 9.99. The van der Waals surface area contributed by atoms with Gasteiger partial charge >= 0.3 is 6.09 Å². The van der Waals surface area contributed by atoms with Crippen molar-refractivity contribution in [1.29, 1.82) is 0 Å². The lowest BCUT2D eigenvalue weighted by Crippen LogP contribution is -2.45. The summed E-state index contributed by atoms with van der Waals surface area (Å²) < 4.78 is 7.02. The molecule has 0 bridgehead atoms. The minimum absolute atomic E-state index is 0.110. The van der Waals surface area contributed by atoms with Crippen molar-refractivity contribution in [3.8, 4) is 0 Å². The number of hydrogen-bond acceptors (Lipinski definition) is 6. The average molecular weight is 393 g/mol. The quantitative estimate of drug-likeness (QED) is 0.753. The number of carbonyl (C=O) groups is 3. The largest absolute Gasteiger partial charge is 0.444 e. The summed E-state index contributed by atoms with van der Waals surface area (Å²) in [6, 6.07) is -0.125. The standard InChI is InChI=1S/C18H27N5O5/c1-10-7-12-11(8-22(10)17(26)27-18(2,3)4)14-16(25)21(6)28-13(15(24)19-5)9-23(14)20-12/h10,13H,7-9H2,1-6H3,(H,19,24)/t10-,13?/m1/s1. The molecule has 2 aliphatic heterocycles. The van der Waals surface area contributed by atoms with E-state index < -0.39 is 23.7 Å². The number of hydroxylamine groups is 2. The van der Waals surface area contributed by atoms with E-state index in [-0.39, 0.29) is 25.0 Å². The van der Waals surface area contributed by atoms with Crippen molar-refractivity contribution >= 4 is 17.9 Å². The van der Waals surface area contributed by atoms with E-state index >= 15 is 0 Å². The normalized spacial score (nSPS) is 22.3. The van der Waals surface area contributed by atoms with Crippen molar-refractivity contribution in [3.05, 3.63) is 17.0 Å². The number of aromatic nitrogens is 2. The van der Waals surface area contributed by atoms with Crippen molar-refractivity contribution in [2.24, 2.45) is 0 Å². The zero-order valence-corrected chi connectivity index (χ0v) is 17.1. The van der Waals surface area contributed by atoms with E-state index in [4.69, 9.17) is 9.57 Å². The maximum absolute atomic E-state index is 12.9. The highest BCUT2D eigenvalue weighted by molar-refractivity contribution is 5.94. The van der Waals surface area contributed by atoms with E-state index in [1.807, 2.05) is 27.7 Å². The molecule has 154 valence electrons. The third kappa shape index (κ3) is 3.68. The van der Waals surface area contributed by atoms with Crippen LogP contribution in [0, 0.1) is 0 Å². The van der Waals surface area contributed by atoms with Gasteiger partial charge in [0.25, 0.3) is 11.8 Å². The molecule has 1 N–H and O–H groups in total. The highest BCUT2D eigenvalue weighted by Gasteiger charge is 2.39. The molecule has 0 fully saturated rings. The predicted molar refractivity (Wildman–Crippen MR) is 98.2 cm³/mol. The van der Waals surface area contributed by atoms with Crippen molar-refractivity contribution in [3.63, 3.8) is 0 Å². The van der Waals surface area contributed by atoms with Gasteiger partial charge in [0, 0.05) is 32.1 Å². The Bertz CT molecular complexity index is 812.